The second kappa shape index (κ2) is 8.51. The topological polar surface area (TPSA) is 106 Å². The molecule has 2 fully saturated rings. The van der Waals surface area contributed by atoms with E-state index >= 15 is 0 Å². The van der Waals surface area contributed by atoms with E-state index in [1.54, 1.807) is 24.4 Å². The average Bonchev–Trinajstić information content (AvgIpc) is 3.57. The van der Waals surface area contributed by atoms with Gasteiger partial charge >= 0.3 is 0 Å². The summed E-state index contributed by atoms with van der Waals surface area (Å²) in [6, 6.07) is 8.33. The van der Waals surface area contributed by atoms with E-state index in [2.05, 4.69) is 10.4 Å². The minimum Gasteiger partial charge on any atom is -0.379 e. The summed E-state index contributed by atoms with van der Waals surface area (Å²) in [5.74, 6) is 0.0620. The molecular weight excluding hydrogens is 442 g/mol. The molecule has 1 aliphatic carbocycles. The van der Waals surface area contributed by atoms with E-state index < -0.39 is 10.0 Å². The van der Waals surface area contributed by atoms with Gasteiger partial charge in [-0.1, -0.05) is 6.07 Å². The van der Waals surface area contributed by atoms with Crippen LogP contribution in [0.2, 0.25) is 0 Å². The number of aromatic nitrogens is 3. The number of sulfonamides is 1. The number of ether oxygens (including phenoxy) is 1. The number of carbonyl (C=O) groups is 1. The molecule has 5 rings (SSSR count). The normalized spacial score (nSPS) is 17.5. The van der Waals surface area contributed by atoms with Gasteiger partial charge in [0.1, 0.15) is 0 Å². The van der Waals surface area contributed by atoms with Gasteiger partial charge in [0.05, 0.1) is 35.3 Å². The first-order valence-electron chi connectivity index (χ1n) is 11.2. The summed E-state index contributed by atoms with van der Waals surface area (Å²) < 4.78 is 34.5. The summed E-state index contributed by atoms with van der Waals surface area (Å²) in [7, 11) is -3.66. The van der Waals surface area contributed by atoms with Crippen molar-refractivity contribution < 1.29 is 17.9 Å². The smallest absolute Gasteiger partial charge is 0.256 e. The largest absolute Gasteiger partial charge is 0.379 e. The Morgan fingerprint density at radius 1 is 1.18 bits per heavy atom. The molecule has 0 spiro atoms. The summed E-state index contributed by atoms with van der Waals surface area (Å²) in [4.78, 5) is 18.3. The van der Waals surface area contributed by atoms with Crippen LogP contribution < -0.4 is 5.32 Å². The maximum atomic E-state index is 13.3. The molecule has 2 aromatic heterocycles. The highest BCUT2D eigenvalue weighted by Crippen LogP contribution is 2.40. The lowest BCUT2D eigenvalue weighted by Gasteiger charge is -2.26. The van der Waals surface area contributed by atoms with Gasteiger partial charge in [-0.2, -0.15) is 9.40 Å². The molecular formula is C23H27N5O4S. The molecule has 2 aliphatic rings. The predicted octanol–water partition coefficient (Wildman–Crippen LogP) is 3.16. The molecule has 174 valence electrons. The third-order valence-corrected chi connectivity index (χ3v) is 7.91. The van der Waals surface area contributed by atoms with E-state index in [0.717, 1.165) is 18.5 Å². The van der Waals surface area contributed by atoms with Crippen LogP contribution >= 0.6 is 0 Å². The minimum absolute atomic E-state index is 0.113. The van der Waals surface area contributed by atoms with Gasteiger partial charge in [0.2, 0.25) is 10.0 Å². The molecule has 3 aromatic rings. The average molecular weight is 470 g/mol. The third-order valence-electron chi connectivity index (χ3n) is 6.02. The van der Waals surface area contributed by atoms with Crippen molar-refractivity contribution in [1.29, 1.82) is 0 Å². The maximum Gasteiger partial charge on any atom is 0.256 e. The van der Waals surface area contributed by atoms with E-state index in [-0.39, 0.29) is 16.8 Å². The monoisotopic (exact) mass is 469 g/mol. The van der Waals surface area contributed by atoms with Crippen molar-refractivity contribution >= 4 is 32.7 Å². The van der Waals surface area contributed by atoms with Crippen LogP contribution in [-0.4, -0.2) is 59.7 Å². The number of fused-ring (bicyclic) bond motifs is 1. The number of carbonyl (C=O) groups excluding carboxylic acids is 1. The van der Waals surface area contributed by atoms with Crippen LogP contribution in [0.15, 0.2) is 41.4 Å². The van der Waals surface area contributed by atoms with Crippen LogP contribution in [0.25, 0.3) is 11.0 Å². The summed E-state index contributed by atoms with van der Waals surface area (Å²) in [5.41, 5.74) is 2.51. The Kier molecular flexibility index (Phi) is 5.67. The van der Waals surface area contributed by atoms with Gasteiger partial charge in [-0.05, 0) is 51.0 Å². The quantitative estimate of drug-likeness (QED) is 0.594. The van der Waals surface area contributed by atoms with Crippen LogP contribution in [0.5, 0.6) is 0 Å². The molecule has 0 bridgehead atoms. The Hall–Kier alpha value is -2.82. The van der Waals surface area contributed by atoms with Crippen molar-refractivity contribution in [3.63, 3.8) is 0 Å². The standard InChI is InChI=1S/C23H27N5O4S/c1-15(2)28-22-20(14-24-28)19(13-21(26-22)16-6-7-16)23(29)25-17-4-3-5-18(12-17)33(30,31)27-8-10-32-11-9-27/h3-5,12-16H,6-11H2,1-2H3,(H,25,29). The number of nitrogens with one attached hydrogen (secondary N) is 1. The summed E-state index contributed by atoms with van der Waals surface area (Å²) in [6.07, 6.45) is 3.81. The molecule has 3 heterocycles. The Balaban J connectivity index is 1.46. The predicted molar refractivity (Wildman–Crippen MR) is 124 cm³/mol. The van der Waals surface area contributed by atoms with Gasteiger partial charge in [-0.15, -0.1) is 0 Å². The molecule has 1 N–H and O–H groups in total. The van der Waals surface area contributed by atoms with Crippen molar-refractivity contribution in [3.8, 4) is 0 Å². The highest BCUT2D eigenvalue weighted by molar-refractivity contribution is 7.89. The molecule has 1 amide bonds. The highest BCUT2D eigenvalue weighted by atomic mass is 32.2. The Morgan fingerprint density at radius 3 is 2.64 bits per heavy atom. The molecule has 0 unspecified atom stereocenters. The van der Waals surface area contributed by atoms with E-state index in [0.29, 0.717) is 54.5 Å². The number of hydrogen-bond acceptors (Lipinski definition) is 6. The van der Waals surface area contributed by atoms with E-state index in [9.17, 15) is 13.2 Å². The van der Waals surface area contributed by atoms with Crippen LogP contribution in [0.4, 0.5) is 5.69 Å². The second-order valence-electron chi connectivity index (χ2n) is 8.79. The molecule has 10 heteroatoms. The Labute approximate surface area is 192 Å². The highest BCUT2D eigenvalue weighted by Gasteiger charge is 2.29. The maximum absolute atomic E-state index is 13.3. The SMILES string of the molecule is CC(C)n1ncc2c(C(=O)Nc3cccc(S(=O)(=O)N4CCOCC4)c3)cc(C3CC3)nc21. The van der Waals surface area contributed by atoms with Gasteiger partial charge in [0.15, 0.2) is 5.65 Å². The zero-order chi connectivity index (χ0) is 23.2. The van der Waals surface area contributed by atoms with Gasteiger partial charge < -0.3 is 10.1 Å². The van der Waals surface area contributed by atoms with Crippen LogP contribution in [-0.2, 0) is 14.8 Å². The third kappa shape index (κ3) is 4.25. The lowest BCUT2D eigenvalue weighted by atomic mass is 10.1. The fraction of sp³-hybridized carbons (Fsp3) is 0.435. The molecule has 9 nitrogen and oxygen atoms in total. The van der Waals surface area contributed by atoms with Crippen LogP contribution in [0.1, 0.15) is 54.7 Å². The van der Waals surface area contributed by atoms with E-state index in [4.69, 9.17) is 9.72 Å². The number of anilines is 1. The van der Waals surface area contributed by atoms with E-state index in [1.807, 2.05) is 24.6 Å². The number of amides is 1. The van der Waals surface area contributed by atoms with E-state index in [1.165, 1.54) is 10.4 Å². The van der Waals surface area contributed by atoms with Crippen molar-refractivity contribution in [2.75, 3.05) is 31.6 Å². The first-order valence-corrected chi connectivity index (χ1v) is 12.7. The summed E-state index contributed by atoms with van der Waals surface area (Å²) >= 11 is 0. The van der Waals surface area contributed by atoms with Gasteiger partial charge in [-0.25, -0.2) is 18.1 Å². The zero-order valence-corrected chi connectivity index (χ0v) is 19.5. The Morgan fingerprint density at radius 2 is 1.94 bits per heavy atom. The van der Waals surface area contributed by atoms with Crippen molar-refractivity contribution in [2.24, 2.45) is 0 Å². The molecule has 1 aliphatic heterocycles. The number of morpholine rings is 1. The Bertz CT molecular complexity index is 1310. The minimum atomic E-state index is -3.66. The van der Waals surface area contributed by atoms with Crippen LogP contribution in [0.3, 0.4) is 0 Å². The first-order chi connectivity index (χ1) is 15.8. The number of nitrogens with zero attached hydrogens (tertiary/aromatic N) is 4. The van der Waals surface area contributed by atoms with Crippen molar-refractivity contribution in [1.82, 2.24) is 19.1 Å². The molecule has 0 atom stereocenters. The van der Waals surface area contributed by atoms with Crippen molar-refractivity contribution in [3.05, 3.63) is 47.8 Å². The first kappa shape index (κ1) is 22.0. The number of benzene rings is 1. The number of rotatable bonds is 6. The molecule has 1 saturated heterocycles. The van der Waals surface area contributed by atoms with Crippen LogP contribution in [0, 0.1) is 0 Å². The van der Waals surface area contributed by atoms with Crippen molar-refractivity contribution in [2.45, 2.75) is 43.5 Å². The molecule has 1 saturated carbocycles. The fourth-order valence-corrected chi connectivity index (χ4v) is 5.51. The van der Waals surface area contributed by atoms with Gasteiger partial charge in [-0.3, -0.25) is 4.79 Å². The lowest BCUT2D eigenvalue weighted by Crippen LogP contribution is -2.40. The summed E-state index contributed by atoms with van der Waals surface area (Å²) in [6.45, 7) is 5.44. The number of pyridine rings is 1. The second-order valence-corrected chi connectivity index (χ2v) is 10.7. The molecule has 0 radical (unpaired) electrons. The summed E-state index contributed by atoms with van der Waals surface area (Å²) in [5, 5.41) is 8.01. The number of hydrogen-bond donors (Lipinski definition) is 1. The molecule has 33 heavy (non-hydrogen) atoms. The van der Waals surface area contributed by atoms with Gasteiger partial charge in [0, 0.05) is 36.4 Å². The van der Waals surface area contributed by atoms with Gasteiger partial charge in [0.25, 0.3) is 5.91 Å². The lowest BCUT2D eigenvalue weighted by molar-refractivity contribution is 0.0730. The fourth-order valence-electron chi connectivity index (χ4n) is 4.06. The zero-order valence-electron chi connectivity index (χ0n) is 18.7. The molecule has 1 aromatic carbocycles.